The molecule has 0 radical (unpaired) electrons. The van der Waals surface area contributed by atoms with Gasteiger partial charge in [-0.2, -0.15) is 5.10 Å². The Bertz CT molecular complexity index is 671. The molecule has 0 atom stereocenters. The first kappa shape index (κ1) is 15.2. The van der Waals surface area contributed by atoms with Crippen LogP contribution in [-0.4, -0.2) is 12.1 Å². The first-order valence-electron chi connectivity index (χ1n) is 7.23. The normalized spacial score (nSPS) is 11.5. The zero-order valence-electron chi connectivity index (χ0n) is 13.3. The van der Waals surface area contributed by atoms with E-state index in [0.717, 1.165) is 5.56 Å². The first-order valence-corrected chi connectivity index (χ1v) is 7.23. The molecule has 21 heavy (non-hydrogen) atoms. The highest BCUT2D eigenvalue weighted by Crippen LogP contribution is 2.35. The molecule has 2 rings (SSSR count). The van der Waals surface area contributed by atoms with Gasteiger partial charge in [0.1, 0.15) is 0 Å². The largest absolute Gasteiger partial charge is 0.274 e. The number of aryl methyl sites for hydroxylation is 2. The fourth-order valence-corrected chi connectivity index (χ4v) is 2.53. The van der Waals surface area contributed by atoms with Crippen molar-refractivity contribution in [3.05, 3.63) is 46.5 Å². The Labute approximate surface area is 126 Å². The molecule has 0 spiro atoms. The predicted octanol–water partition coefficient (Wildman–Crippen LogP) is 4.00. The fraction of sp³-hybridized carbons (Fsp3) is 0.333. The van der Waals surface area contributed by atoms with Gasteiger partial charge in [0.25, 0.3) is 0 Å². The topological polar surface area (TPSA) is 41.5 Å². The Balaban J connectivity index is 2.54. The van der Waals surface area contributed by atoms with Crippen molar-refractivity contribution in [2.24, 2.45) is 5.10 Å². The van der Waals surface area contributed by atoms with Gasteiger partial charge in [0.15, 0.2) is 0 Å². The maximum atomic E-state index is 10.9. The third-order valence-electron chi connectivity index (χ3n) is 3.68. The van der Waals surface area contributed by atoms with E-state index >= 15 is 0 Å². The van der Waals surface area contributed by atoms with Crippen LogP contribution in [0.1, 0.15) is 48.9 Å². The highest BCUT2D eigenvalue weighted by molar-refractivity contribution is 5.95. The van der Waals surface area contributed by atoms with Crippen molar-refractivity contribution in [1.29, 1.82) is 0 Å². The van der Waals surface area contributed by atoms with E-state index in [9.17, 15) is 4.79 Å². The number of fused-ring (bicyclic) bond motifs is 1. The molecule has 0 saturated heterocycles. The van der Waals surface area contributed by atoms with Gasteiger partial charge in [-0.15, -0.1) is 0 Å². The number of nitrogens with zero attached hydrogens (tertiary/aromatic N) is 1. The van der Waals surface area contributed by atoms with Crippen molar-refractivity contribution in [3.63, 3.8) is 0 Å². The summed E-state index contributed by atoms with van der Waals surface area (Å²) in [5, 5.41) is 4.00. The Kier molecular flexibility index (Phi) is 4.41. The van der Waals surface area contributed by atoms with E-state index < -0.39 is 0 Å². The number of rotatable bonds is 3. The standard InChI is InChI=1S/C18H22N2O/c1-11(2)15-7-6-12(3)18-16(10-19-20-14(5)21)8-13(4)17(18)9-15/h6-11H,1-5H3,(H,20,21)/b19-10+. The summed E-state index contributed by atoms with van der Waals surface area (Å²) >= 11 is 0. The number of carbonyl (C=O) groups is 1. The lowest BCUT2D eigenvalue weighted by Gasteiger charge is -2.04. The van der Waals surface area contributed by atoms with Gasteiger partial charge in [-0.3, -0.25) is 4.79 Å². The summed E-state index contributed by atoms with van der Waals surface area (Å²) in [5.74, 6) is 0.328. The first-order chi connectivity index (χ1) is 9.90. The van der Waals surface area contributed by atoms with Crippen LogP contribution in [0.4, 0.5) is 0 Å². The molecule has 0 heterocycles. The summed E-state index contributed by atoms with van der Waals surface area (Å²) in [7, 11) is 0. The number of hydrazone groups is 1. The molecule has 0 bridgehead atoms. The van der Waals surface area contributed by atoms with Crippen molar-refractivity contribution < 1.29 is 4.79 Å². The number of hydrogen-bond acceptors (Lipinski definition) is 2. The molecule has 0 aromatic carbocycles. The van der Waals surface area contributed by atoms with Crippen LogP contribution in [0.5, 0.6) is 0 Å². The average Bonchev–Trinajstić information content (AvgIpc) is 2.58. The van der Waals surface area contributed by atoms with Gasteiger partial charge in [-0.1, -0.05) is 32.0 Å². The zero-order valence-corrected chi connectivity index (χ0v) is 13.3. The van der Waals surface area contributed by atoms with E-state index in [1.807, 2.05) is 0 Å². The van der Waals surface area contributed by atoms with E-state index in [0.29, 0.717) is 5.92 Å². The molecule has 2 aliphatic rings. The Hall–Kier alpha value is -2.16. The molecule has 2 aliphatic carbocycles. The van der Waals surface area contributed by atoms with E-state index in [4.69, 9.17) is 0 Å². The van der Waals surface area contributed by atoms with Gasteiger partial charge in [0, 0.05) is 12.5 Å². The molecule has 3 nitrogen and oxygen atoms in total. The summed E-state index contributed by atoms with van der Waals surface area (Å²) < 4.78 is 0. The lowest BCUT2D eigenvalue weighted by atomic mass is 10.0. The maximum absolute atomic E-state index is 10.9. The molecule has 0 aliphatic heterocycles. The second kappa shape index (κ2) is 6.08. The highest BCUT2D eigenvalue weighted by Gasteiger charge is 2.15. The number of amides is 1. The Morgan fingerprint density at radius 2 is 1.90 bits per heavy atom. The molecule has 0 unspecified atom stereocenters. The molecule has 0 aromatic rings. The van der Waals surface area contributed by atoms with E-state index in [-0.39, 0.29) is 5.91 Å². The lowest BCUT2D eigenvalue weighted by molar-refractivity contribution is -0.118. The van der Waals surface area contributed by atoms with Crippen molar-refractivity contribution in [2.45, 2.75) is 40.5 Å². The lowest BCUT2D eigenvalue weighted by Crippen LogP contribution is -2.12. The third-order valence-corrected chi connectivity index (χ3v) is 3.68. The van der Waals surface area contributed by atoms with Crippen molar-refractivity contribution in [3.8, 4) is 11.1 Å². The summed E-state index contributed by atoms with van der Waals surface area (Å²) in [4.78, 5) is 10.9. The second-order valence-corrected chi connectivity index (χ2v) is 5.81. The molecular formula is C18H22N2O. The van der Waals surface area contributed by atoms with Crippen LogP contribution < -0.4 is 5.43 Å². The molecule has 110 valence electrons. The van der Waals surface area contributed by atoms with Gasteiger partial charge in [-0.25, -0.2) is 5.43 Å². The minimum atomic E-state index is -0.164. The maximum Gasteiger partial charge on any atom is 0.236 e. The van der Waals surface area contributed by atoms with Crippen LogP contribution in [0.2, 0.25) is 0 Å². The third kappa shape index (κ3) is 3.30. The molecule has 1 amide bonds. The predicted molar refractivity (Wildman–Crippen MR) is 88.0 cm³/mol. The SMILES string of the molecule is CC(=O)N/N=C/c1cc(C)c2cc(C(C)C)ccc(C)c1-2. The summed E-state index contributed by atoms with van der Waals surface area (Å²) in [6.07, 6.45) is 1.72. The molecule has 1 N–H and O–H groups in total. The van der Waals surface area contributed by atoms with Crippen molar-refractivity contribution in [2.75, 3.05) is 0 Å². The monoisotopic (exact) mass is 282 g/mol. The van der Waals surface area contributed by atoms with Gasteiger partial charge in [-0.05, 0) is 53.6 Å². The van der Waals surface area contributed by atoms with Gasteiger partial charge in [0.2, 0.25) is 5.91 Å². The van der Waals surface area contributed by atoms with Crippen LogP contribution >= 0.6 is 0 Å². The minimum Gasteiger partial charge on any atom is -0.274 e. The van der Waals surface area contributed by atoms with Gasteiger partial charge >= 0.3 is 0 Å². The number of hydrogen-bond donors (Lipinski definition) is 1. The Morgan fingerprint density at radius 3 is 2.52 bits per heavy atom. The molecule has 3 heteroatoms. The van der Waals surface area contributed by atoms with Gasteiger partial charge < -0.3 is 0 Å². The summed E-state index contributed by atoms with van der Waals surface area (Å²) in [6.45, 7) is 10.1. The smallest absolute Gasteiger partial charge is 0.236 e. The van der Waals surface area contributed by atoms with Crippen LogP contribution in [0.25, 0.3) is 11.1 Å². The molecule has 0 saturated carbocycles. The van der Waals surface area contributed by atoms with Crippen molar-refractivity contribution in [1.82, 2.24) is 5.43 Å². The Morgan fingerprint density at radius 1 is 1.19 bits per heavy atom. The van der Waals surface area contributed by atoms with Crippen LogP contribution in [-0.2, 0) is 4.79 Å². The van der Waals surface area contributed by atoms with E-state index in [1.54, 1.807) is 6.21 Å². The van der Waals surface area contributed by atoms with Crippen LogP contribution in [0.3, 0.4) is 0 Å². The number of carbonyl (C=O) groups excluding carboxylic acids is 1. The minimum absolute atomic E-state index is 0.164. The highest BCUT2D eigenvalue weighted by atomic mass is 16.2. The molecule has 0 aromatic heterocycles. The molecule has 0 fully saturated rings. The van der Waals surface area contributed by atoms with Crippen molar-refractivity contribution >= 4 is 12.1 Å². The van der Waals surface area contributed by atoms with Gasteiger partial charge in [0.05, 0.1) is 6.21 Å². The quantitative estimate of drug-likeness (QED) is 0.671. The van der Waals surface area contributed by atoms with E-state index in [1.165, 1.54) is 34.7 Å². The van der Waals surface area contributed by atoms with Crippen LogP contribution in [0, 0.1) is 13.8 Å². The average molecular weight is 282 g/mol. The molecular weight excluding hydrogens is 260 g/mol. The van der Waals surface area contributed by atoms with Crippen LogP contribution in [0.15, 0.2) is 29.4 Å². The number of nitrogens with one attached hydrogen (secondary N) is 1. The van der Waals surface area contributed by atoms with E-state index in [2.05, 4.69) is 62.5 Å². The fourth-order valence-electron chi connectivity index (χ4n) is 2.53. The summed E-state index contributed by atoms with van der Waals surface area (Å²) in [5.41, 5.74) is 9.73. The zero-order chi connectivity index (χ0) is 15.6. The summed E-state index contributed by atoms with van der Waals surface area (Å²) in [6, 6.07) is 8.73. The second-order valence-electron chi connectivity index (χ2n) is 5.81.